The summed E-state index contributed by atoms with van der Waals surface area (Å²) in [4.78, 5) is 22.5. The van der Waals surface area contributed by atoms with Crippen LogP contribution in [-0.4, -0.2) is 10.7 Å². The van der Waals surface area contributed by atoms with E-state index in [9.17, 15) is 14.9 Å². The minimum atomic E-state index is -0.688. The van der Waals surface area contributed by atoms with Crippen LogP contribution in [0.3, 0.4) is 0 Å². The van der Waals surface area contributed by atoms with Crippen LogP contribution in [-0.2, 0) is 0 Å². The molecule has 0 saturated carbocycles. The van der Waals surface area contributed by atoms with Crippen LogP contribution in [0.4, 0.5) is 5.69 Å². The van der Waals surface area contributed by atoms with E-state index in [0.717, 1.165) is 6.07 Å². The summed E-state index contributed by atoms with van der Waals surface area (Å²) >= 11 is 17.4. The van der Waals surface area contributed by atoms with E-state index in [4.69, 9.17) is 34.8 Å². The highest BCUT2D eigenvalue weighted by Crippen LogP contribution is 2.33. The minimum Gasteiger partial charge on any atom is -0.289 e. The van der Waals surface area contributed by atoms with E-state index >= 15 is 0 Å². The fraction of sp³-hybridized carbons (Fsp3) is 0. The molecule has 2 aromatic rings. The van der Waals surface area contributed by atoms with Crippen molar-refractivity contribution in [1.29, 1.82) is 0 Å². The second-order valence-corrected chi connectivity index (χ2v) is 5.13. The van der Waals surface area contributed by atoms with Gasteiger partial charge in [0.1, 0.15) is 5.02 Å². The van der Waals surface area contributed by atoms with Gasteiger partial charge < -0.3 is 0 Å². The van der Waals surface area contributed by atoms with Gasteiger partial charge in [-0.3, -0.25) is 14.9 Å². The summed E-state index contributed by atoms with van der Waals surface area (Å²) in [5.74, 6) is -0.461. The van der Waals surface area contributed by atoms with Crippen molar-refractivity contribution in [2.24, 2.45) is 0 Å². The highest BCUT2D eigenvalue weighted by Gasteiger charge is 2.22. The lowest BCUT2D eigenvalue weighted by Crippen LogP contribution is -2.04. The van der Waals surface area contributed by atoms with Crippen molar-refractivity contribution in [1.82, 2.24) is 0 Å². The zero-order valence-corrected chi connectivity index (χ0v) is 12.0. The molecule has 20 heavy (non-hydrogen) atoms. The van der Waals surface area contributed by atoms with Crippen molar-refractivity contribution < 1.29 is 9.72 Å². The lowest BCUT2D eigenvalue weighted by molar-refractivity contribution is -0.384. The molecule has 0 aromatic heterocycles. The van der Waals surface area contributed by atoms with Crippen LogP contribution in [0.25, 0.3) is 0 Å². The third kappa shape index (κ3) is 2.93. The van der Waals surface area contributed by atoms with Gasteiger partial charge in [-0.1, -0.05) is 34.8 Å². The zero-order chi connectivity index (χ0) is 14.9. The van der Waals surface area contributed by atoms with Crippen molar-refractivity contribution in [2.75, 3.05) is 0 Å². The van der Waals surface area contributed by atoms with Gasteiger partial charge in [-0.15, -0.1) is 0 Å². The number of ketones is 1. The molecule has 0 radical (unpaired) electrons. The Labute approximate surface area is 129 Å². The molecule has 102 valence electrons. The lowest BCUT2D eigenvalue weighted by atomic mass is 10.0. The third-order valence-corrected chi connectivity index (χ3v) is 3.43. The molecule has 7 heteroatoms. The molecular weight excluding hydrogens is 325 g/mol. The molecule has 0 amide bonds. The van der Waals surface area contributed by atoms with Gasteiger partial charge in [-0.2, -0.15) is 0 Å². The van der Waals surface area contributed by atoms with Gasteiger partial charge in [0.2, 0.25) is 0 Å². The Balaban J connectivity index is 2.55. The predicted molar refractivity (Wildman–Crippen MR) is 78.0 cm³/mol. The van der Waals surface area contributed by atoms with Crippen LogP contribution in [0.1, 0.15) is 15.9 Å². The highest BCUT2D eigenvalue weighted by molar-refractivity contribution is 6.38. The lowest BCUT2D eigenvalue weighted by Gasteiger charge is -2.05. The maximum absolute atomic E-state index is 12.3. The number of nitro benzene ring substituents is 1. The Morgan fingerprint density at radius 1 is 1.00 bits per heavy atom. The smallest absolute Gasteiger partial charge is 0.289 e. The fourth-order valence-electron chi connectivity index (χ4n) is 1.63. The summed E-state index contributed by atoms with van der Waals surface area (Å²) < 4.78 is 0. The number of halogens is 3. The molecule has 0 saturated heterocycles. The molecule has 0 atom stereocenters. The Morgan fingerprint density at radius 3 is 2.15 bits per heavy atom. The van der Waals surface area contributed by atoms with Gasteiger partial charge in [-0.25, -0.2) is 0 Å². The number of nitrogens with zero attached hydrogens (tertiary/aromatic N) is 1. The number of nitro groups is 1. The summed E-state index contributed by atoms with van der Waals surface area (Å²) in [6.07, 6.45) is 0. The molecule has 2 rings (SSSR count). The number of carbonyl (C=O) groups is 1. The topological polar surface area (TPSA) is 60.2 Å². The first-order chi connectivity index (χ1) is 9.40. The predicted octanol–water partition coefficient (Wildman–Crippen LogP) is 4.79. The summed E-state index contributed by atoms with van der Waals surface area (Å²) in [6, 6.07) is 8.50. The molecule has 0 fully saturated rings. The molecule has 0 aliphatic carbocycles. The number of rotatable bonds is 3. The second-order valence-electron chi connectivity index (χ2n) is 3.88. The molecule has 0 unspecified atom stereocenters. The van der Waals surface area contributed by atoms with Crippen molar-refractivity contribution in [3.05, 3.63) is 72.7 Å². The van der Waals surface area contributed by atoms with Crippen molar-refractivity contribution in [2.45, 2.75) is 0 Å². The summed E-state index contributed by atoms with van der Waals surface area (Å²) in [6.45, 7) is 0. The first-order valence-corrected chi connectivity index (χ1v) is 6.47. The fourth-order valence-corrected chi connectivity index (χ4v) is 2.23. The van der Waals surface area contributed by atoms with Gasteiger partial charge >= 0.3 is 0 Å². The normalized spacial score (nSPS) is 10.3. The Hall–Kier alpha value is -1.62. The first-order valence-electron chi connectivity index (χ1n) is 5.34. The van der Waals surface area contributed by atoms with Gasteiger partial charge in [0, 0.05) is 27.2 Å². The maximum Gasteiger partial charge on any atom is 0.290 e. The minimum absolute atomic E-state index is 0.0202. The molecular formula is C13H6Cl3NO3. The van der Waals surface area contributed by atoms with E-state index in [1.165, 1.54) is 18.2 Å². The maximum atomic E-state index is 12.3. The molecule has 4 nitrogen and oxygen atoms in total. The van der Waals surface area contributed by atoms with Crippen molar-refractivity contribution in [3.63, 3.8) is 0 Å². The highest BCUT2D eigenvalue weighted by atomic mass is 35.5. The molecule has 2 aromatic carbocycles. The molecule has 0 aliphatic heterocycles. The van der Waals surface area contributed by atoms with Gasteiger partial charge in [0.25, 0.3) is 5.69 Å². The van der Waals surface area contributed by atoms with Crippen LogP contribution in [0.5, 0.6) is 0 Å². The summed E-state index contributed by atoms with van der Waals surface area (Å²) in [7, 11) is 0. The van der Waals surface area contributed by atoms with Crippen molar-refractivity contribution >= 4 is 46.3 Å². The third-order valence-electron chi connectivity index (χ3n) is 2.57. The van der Waals surface area contributed by atoms with Crippen LogP contribution in [0.15, 0.2) is 36.4 Å². The monoisotopic (exact) mass is 329 g/mol. The zero-order valence-electron chi connectivity index (χ0n) is 9.77. The van der Waals surface area contributed by atoms with E-state index < -0.39 is 16.4 Å². The number of hydrogen-bond donors (Lipinski definition) is 0. The summed E-state index contributed by atoms with van der Waals surface area (Å²) in [5.41, 5.74) is -0.113. The van der Waals surface area contributed by atoms with E-state index in [0.29, 0.717) is 10.6 Å². The van der Waals surface area contributed by atoms with E-state index in [-0.39, 0.29) is 15.6 Å². The quantitative estimate of drug-likeness (QED) is 0.462. The number of carbonyl (C=O) groups excluding carboxylic acids is 1. The van der Waals surface area contributed by atoms with Gasteiger partial charge in [-0.05, 0) is 30.3 Å². The second kappa shape index (κ2) is 5.79. The van der Waals surface area contributed by atoms with E-state index in [1.54, 1.807) is 12.1 Å². The Bertz CT molecular complexity index is 699. The van der Waals surface area contributed by atoms with Crippen molar-refractivity contribution in [3.8, 4) is 0 Å². The van der Waals surface area contributed by atoms with Crippen LogP contribution >= 0.6 is 34.8 Å². The van der Waals surface area contributed by atoms with Gasteiger partial charge in [0.15, 0.2) is 5.78 Å². The van der Waals surface area contributed by atoms with Gasteiger partial charge in [0.05, 0.1) is 4.92 Å². The van der Waals surface area contributed by atoms with E-state index in [1.807, 2.05) is 0 Å². The molecule has 0 heterocycles. The Morgan fingerprint density at radius 2 is 1.60 bits per heavy atom. The largest absolute Gasteiger partial charge is 0.290 e. The first kappa shape index (κ1) is 14.8. The molecule has 0 spiro atoms. The van der Waals surface area contributed by atoms with Crippen LogP contribution in [0, 0.1) is 10.1 Å². The average Bonchev–Trinajstić information content (AvgIpc) is 2.41. The molecule has 0 bridgehead atoms. The molecule has 0 N–H and O–H groups in total. The average molecular weight is 331 g/mol. The number of hydrogen-bond acceptors (Lipinski definition) is 3. The summed E-state index contributed by atoms with van der Waals surface area (Å²) in [5, 5.41) is 11.2. The van der Waals surface area contributed by atoms with Crippen LogP contribution in [0.2, 0.25) is 15.1 Å². The SMILES string of the molecule is O=C(c1ccc(Cl)cc1)c1cc(Cl)cc([N+](=O)[O-])c1Cl. The number of benzene rings is 2. The standard InChI is InChI=1S/C13H6Cl3NO3/c14-8-3-1-7(2-4-8)13(18)10-5-9(15)6-11(12(10)16)17(19)20/h1-6H. The van der Waals surface area contributed by atoms with Crippen LogP contribution < -0.4 is 0 Å². The molecule has 0 aliphatic rings. The Kier molecular flexibility index (Phi) is 4.28. The van der Waals surface area contributed by atoms with E-state index in [2.05, 4.69) is 0 Å².